The summed E-state index contributed by atoms with van der Waals surface area (Å²) in [6, 6.07) is 8.98. The molecule has 1 aromatic carbocycles. The maximum absolute atomic E-state index is 12.7. The Morgan fingerprint density at radius 3 is 2.10 bits per heavy atom. The van der Waals surface area contributed by atoms with Crippen molar-refractivity contribution >= 4 is 11.8 Å². The van der Waals surface area contributed by atoms with E-state index in [2.05, 4.69) is 67.5 Å². The molecule has 0 aromatic heterocycles. The van der Waals surface area contributed by atoms with Crippen molar-refractivity contribution in [2.45, 2.75) is 46.1 Å². The van der Waals surface area contributed by atoms with Gasteiger partial charge in [0.15, 0.2) is 0 Å². The van der Waals surface area contributed by atoms with E-state index in [4.69, 9.17) is 0 Å². The first kappa shape index (κ1) is 23.4. The van der Waals surface area contributed by atoms with Crippen LogP contribution in [0.1, 0.15) is 57.2 Å². The van der Waals surface area contributed by atoms with Crippen molar-refractivity contribution in [2.24, 2.45) is 5.92 Å². The molecular formula is C23H38N4O2. The van der Waals surface area contributed by atoms with Crippen molar-refractivity contribution in [1.29, 1.82) is 0 Å². The first-order valence-electron chi connectivity index (χ1n) is 10.9. The van der Waals surface area contributed by atoms with Crippen LogP contribution in [0, 0.1) is 5.92 Å². The van der Waals surface area contributed by atoms with Crippen molar-refractivity contribution in [3.8, 4) is 0 Å². The van der Waals surface area contributed by atoms with Gasteiger partial charge in [0.25, 0.3) is 0 Å². The minimum atomic E-state index is 0.0190. The van der Waals surface area contributed by atoms with Gasteiger partial charge in [-0.15, -0.1) is 0 Å². The summed E-state index contributed by atoms with van der Waals surface area (Å²) < 4.78 is 0. The predicted molar refractivity (Wildman–Crippen MR) is 118 cm³/mol. The molecule has 6 heteroatoms. The number of benzene rings is 1. The number of piperazine rings is 1. The Hall–Kier alpha value is -1.92. The van der Waals surface area contributed by atoms with Crippen LogP contribution < -0.4 is 10.6 Å². The molecule has 0 saturated carbocycles. The lowest BCUT2D eigenvalue weighted by molar-refractivity contribution is -0.132. The van der Waals surface area contributed by atoms with E-state index in [0.717, 1.165) is 19.5 Å². The fraction of sp³-hybridized carbons (Fsp3) is 0.652. The molecule has 2 N–H and O–H groups in total. The van der Waals surface area contributed by atoms with Crippen molar-refractivity contribution in [3.63, 3.8) is 0 Å². The average molecular weight is 403 g/mol. The summed E-state index contributed by atoms with van der Waals surface area (Å²) in [5.74, 6) is 1.11. The van der Waals surface area contributed by atoms with Gasteiger partial charge in [-0.25, -0.2) is 0 Å². The van der Waals surface area contributed by atoms with Gasteiger partial charge in [-0.05, 0) is 29.4 Å². The normalized spacial score (nSPS) is 17.2. The van der Waals surface area contributed by atoms with Crippen LogP contribution in [0.25, 0.3) is 0 Å². The predicted octanol–water partition coefficient (Wildman–Crippen LogP) is 2.38. The molecule has 1 aromatic rings. The maximum atomic E-state index is 12.7. The molecule has 0 bridgehead atoms. The summed E-state index contributed by atoms with van der Waals surface area (Å²) in [4.78, 5) is 28.2. The molecule has 0 unspecified atom stereocenters. The molecule has 2 atom stereocenters. The van der Waals surface area contributed by atoms with Gasteiger partial charge in [-0.3, -0.25) is 14.5 Å². The van der Waals surface area contributed by atoms with Crippen molar-refractivity contribution in [3.05, 3.63) is 35.4 Å². The SMILES string of the molecule is CC[C@@H](C)c1ccc([C@@H](NCC(=O)N2CCN(CC(=O)NC)CC2)C(C)C)cc1. The van der Waals surface area contributed by atoms with E-state index in [1.807, 2.05) is 4.90 Å². The van der Waals surface area contributed by atoms with E-state index in [1.54, 1.807) is 7.05 Å². The molecule has 1 saturated heterocycles. The Kier molecular flexibility index (Phi) is 9.11. The van der Waals surface area contributed by atoms with Gasteiger partial charge < -0.3 is 15.5 Å². The Balaban J connectivity index is 1.87. The second-order valence-corrected chi connectivity index (χ2v) is 8.41. The lowest BCUT2D eigenvalue weighted by atomic mass is 9.92. The van der Waals surface area contributed by atoms with Crippen molar-refractivity contribution in [2.75, 3.05) is 46.3 Å². The minimum absolute atomic E-state index is 0.0190. The number of likely N-dealkylation sites (N-methyl/N-ethyl adjacent to an activating group) is 1. The Bertz CT molecular complexity index is 651. The van der Waals surface area contributed by atoms with E-state index in [9.17, 15) is 9.59 Å². The minimum Gasteiger partial charge on any atom is -0.358 e. The highest BCUT2D eigenvalue weighted by atomic mass is 16.2. The van der Waals surface area contributed by atoms with Crippen LogP contribution >= 0.6 is 0 Å². The molecule has 1 aliphatic rings. The summed E-state index contributed by atoms with van der Waals surface area (Å²) >= 11 is 0. The van der Waals surface area contributed by atoms with E-state index >= 15 is 0 Å². The Morgan fingerprint density at radius 1 is 1.00 bits per heavy atom. The van der Waals surface area contributed by atoms with Gasteiger partial charge in [0.05, 0.1) is 13.1 Å². The third-order valence-electron chi connectivity index (χ3n) is 5.99. The largest absolute Gasteiger partial charge is 0.358 e. The summed E-state index contributed by atoms with van der Waals surface area (Å²) in [5.41, 5.74) is 2.60. The van der Waals surface area contributed by atoms with Crippen molar-refractivity contribution in [1.82, 2.24) is 20.4 Å². The van der Waals surface area contributed by atoms with Crippen molar-refractivity contribution < 1.29 is 9.59 Å². The summed E-state index contributed by atoms with van der Waals surface area (Å²) in [5, 5.41) is 6.13. The smallest absolute Gasteiger partial charge is 0.236 e. The van der Waals surface area contributed by atoms with Gasteiger partial charge in [0.1, 0.15) is 0 Å². The zero-order valence-electron chi connectivity index (χ0n) is 18.7. The Labute approximate surface area is 176 Å². The van der Waals surface area contributed by atoms with E-state index < -0.39 is 0 Å². The highest BCUT2D eigenvalue weighted by Crippen LogP contribution is 2.25. The van der Waals surface area contributed by atoms with Gasteiger partial charge in [0, 0.05) is 39.3 Å². The van der Waals surface area contributed by atoms with Crippen LogP contribution in [0.15, 0.2) is 24.3 Å². The number of nitrogens with zero attached hydrogens (tertiary/aromatic N) is 2. The lowest BCUT2D eigenvalue weighted by Gasteiger charge is -2.34. The molecule has 1 aliphatic heterocycles. The van der Waals surface area contributed by atoms with E-state index in [-0.39, 0.29) is 17.9 Å². The van der Waals surface area contributed by atoms with E-state index in [0.29, 0.717) is 38.0 Å². The number of hydrogen-bond acceptors (Lipinski definition) is 4. The molecule has 0 spiro atoms. The third-order valence-corrected chi connectivity index (χ3v) is 5.99. The molecule has 1 fully saturated rings. The molecule has 6 nitrogen and oxygen atoms in total. The van der Waals surface area contributed by atoms with Gasteiger partial charge in [-0.1, -0.05) is 52.0 Å². The number of nitrogens with one attached hydrogen (secondary N) is 2. The second kappa shape index (κ2) is 11.3. The van der Waals surface area contributed by atoms with Crippen LogP contribution in [0.4, 0.5) is 0 Å². The van der Waals surface area contributed by atoms with Crippen LogP contribution in [0.3, 0.4) is 0 Å². The van der Waals surface area contributed by atoms with Gasteiger partial charge in [-0.2, -0.15) is 0 Å². The van der Waals surface area contributed by atoms with Crippen LogP contribution in [-0.4, -0.2) is 67.9 Å². The van der Waals surface area contributed by atoms with Gasteiger partial charge in [0.2, 0.25) is 11.8 Å². The molecule has 0 radical (unpaired) electrons. The fourth-order valence-electron chi connectivity index (χ4n) is 3.75. The standard InChI is InChI=1S/C23H38N4O2/c1-6-18(4)19-7-9-20(10-8-19)23(17(2)3)25-15-22(29)27-13-11-26(12-14-27)16-21(28)24-5/h7-10,17-18,23,25H,6,11-16H2,1-5H3,(H,24,28)/t18-,23+/m1/s1. The highest BCUT2D eigenvalue weighted by Gasteiger charge is 2.23. The Morgan fingerprint density at radius 2 is 1.59 bits per heavy atom. The number of amides is 2. The monoisotopic (exact) mass is 402 g/mol. The molecule has 162 valence electrons. The highest BCUT2D eigenvalue weighted by molar-refractivity contribution is 5.79. The van der Waals surface area contributed by atoms with E-state index in [1.165, 1.54) is 11.1 Å². The zero-order valence-corrected chi connectivity index (χ0v) is 18.7. The molecular weight excluding hydrogens is 364 g/mol. The van der Waals surface area contributed by atoms with Crippen LogP contribution in [0.2, 0.25) is 0 Å². The number of rotatable bonds is 9. The number of carbonyl (C=O) groups is 2. The van der Waals surface area contributed by atoms with Gasteiger partial charge >= 0.3 is 0 Å². The van der Waals surface area contributed by atoms with Crippen LogP contribution in [-0.2, 0) is 9.59 Å². The fourth-order valence-corrected chi connectivity index (χ4v) is 3.75. The first-order valence-corrected chi connectivity index (χ1v) is 10.9. The first-order chi connectivity index (χ1) is 13.8. The molecule has 2 rings (SSSR count). The summed E-state index contributed by atoms with van der Waals surface area (Å²) in [6.07, 6.45) is 1.14. The maximum Gasteiger partial charge on any atom is 0.236 e. The molecule has 29 heavy (non-hydrogen) atoms. The summed E-state index contributed by atoms with van der Waals surface area (Å²) in [7, 11) is 1.65. The summed E-state index contributed by atoms with van der Waals surface area (Å²) in [6.45, 7) is 12.4. The third kappa shape index (κ3) is 6.82. The molecule has 1 heterocycles. The molecule has 2 amide bonds. The second-order valence-electron chi connectivity index (χ2n) is 8.41. The quantitative estimate of drug-likeness (QED) is 0.666. The number of carbonyl (C=O) groups excluding carboxylic acids is 2. The topological polar surface area (TPSA) is 64.7 Å². The van der Waals surface area contributed by atoms with Crippen LogP contribution in [0.5, 0.6) is 0 Å². The average Bonchev–Trinajstić information content (AvgIpc) is 2.73. The zero-order chi connectivity index (χ0) is 21.4. The number of hydrogen-bond donors (Lipinski definition) is 2. The lowest BCUT2D eigenvalue weighted by Crippen LogP contribution is -2.52. The molecule has 0 aliphatic carbocycles.